The van der Waals surface area contributed by atoms with Crippen LogP contribution in [0.15, 0.2) is 218 Å². The average molecular weight is 720 g/mol. The van der Waals surface area contributed by atoms with Gasteiger partial charge in [0, 0.05) is 5.57 Å². The highest BCUT2D eigenvalue weighted by atomic mass is 79.9. The van der Waals surface area contributed by atoms with Crippen LogP contribution in [0.25, 0.3) is 5.57 Å². The normalized spacial score (nSPS) is 11.7. The molecule has 0 saturated carbocycles. The fourth-order valence-corrected chi connectivity index (χ4v) is 14.5. The van der Waals surface area contributed by atoms with Crippen molar-refractivity contribution in [3.63, 3.8) is 0 Å². The molecule has 0 fully saturated rings. The Balaban J connectivity index is 0.00000401. The van der Waals surface area contributed by atoms with Gasteiger partial charge in [-0.05, 0) is 70.6 Å². The molecular formula is C45H37BrP2. The summed E-state index contributed by atoms with van der Waals surface area (Å²) >= 11 is 0. The molecule has 0 radical (unpaired) electrons. The number of hydrogen-bond acceptors (Lipinski definition) is 0. The summed E-state index contributed by atoms with van der Waals surface area (Å²) in [4.78, 5) is 0. The molecule has 7 aromatic rings. The molecule has 0 spiro atoms. The van der Waals surface area contributed by atoms with Crippen LogP contribution >= 0.6 is 14.1 Å². The van der Waals surface area contributed by atoms with Gasteiger partial charge in [-0.2, -0.15) is 0 Å². The molecule has 0 heterocycles. The third-order valence-corrected chi connectivity index (χ3v) is 16.8. The molecular weight excluding hydrogens is 682 g/mol. The molecule has 7 aromatic carbocycles. The van der Waals surface area contributed by atoms with E-state index in [-0.39, 0.29) is 17.0 Å². The van der Waals surface area contributed by atoms with Crippen molar-refractivity contribution >= 4 is 57.3 Å². The Morgan fingerprint density at radius 1 is 0.354 bits per heavy atom. The zero-order chi connectivity index (χ0) is 31.8. The van der Waals surface area contributed by atoms with Gasteiger partial charge in [-0.1, -0.05) is 176 Å². The third-order valence-electron chi connectivity index (χ3n) is 8.75. The van der Waals surface area contributed by atoms with Gasteiger partial charge in [-0.15, -0.1) is 0 Å². The van der Waals surface area contributed by atoms with E-state index in [1.807, 2.05) is 0 Å². The number of benzene rings is 7. The lowest BCUT2D eigenvalue weighted by atomic mass is 10.1. The Morgan fingerprint density at radius 3 is 0.938 bits per heavy atom. The summed E-state index contributed by atoms with van der Waals surface area (Å²) < 4.78 is 0. The molecule has 0 aromatic heterocycles. The van der Waals surface area contributed by atoms with E-state index in [1.54, 1.807) is 0 Å². The van der Waals surface area contributed by atoms with E-state index in [0.717, 1.165) is 0 Å². The van der Waals surface area contributed by atoms with Crippen molar-refractivity contribution in [2.24, 2.45) is 0 Å². The van der Waals surface area contributed by atoms with Gasteiger partial charge in [-0.3, -0.25) is 0 Å². The highest BCUT2D eigenvalue weighted by Gasteiger charge is 2.44. The second-order valence-electron chi connectivity index (χ2n) is 11.5. The van der Waals surface area contributed by atoms with Crippen LogP contribution in [0, 0.1) is 0 Å². The van der Waals surface area contributed by atoms with Crippen LogP contribution in [0.5, 0.6) is 0 Å². The van der Waals surface area contributed by atoms with Crippen LogP contribution in [0.1, 0.15) is 5.56 Å². The van der Waals surface area contributed by atoms with Gasteiger partial charge in [-0.25, -0.2) is 0 Å². The van der Waals surface area contributed by atoms with Gasteiger partial charge in [0.1, 0.15) is 23.2 Å². The zero-order valence-electron chi connectivity index (χ0n) is 26.6. The van der Waals surface area contributed by atoms with E-state index in [9.17, 15) is 0 Å². The van der Waals surface area contributed by atoms with Crippen molar-refractivity contribution < 1.29 is 17.0 Å². The van der Waals surface area contributed by atoms with E-state index in [1.165, 1.54) is 43.0 Å². The minimum absolute atomic E-state index is 0. The highest BCUT2D eigenvalue weighted by Crippen LogP contribution is 2.59. The Morgan fingerprint density at radius 2 is 0.625 bits per heavy atom. The molecule has 0 aliphatic carbocycles. The molecule has 0 atom stereocenters. The molecule has 0 saturated heterocycles. The lowest BCUT2D eigenvalue weighted by Gasteiger charge is -2.30. The highest BCUT2D eigenvalue weighted by molar-refractivity contribution is 7.98. The Bertz CT molecular complexity index is 1900. The second-order valence-corrected chi connectivity index (χ2v) is 18.0. The molecule has 7 rings (SSSR count). The molecule has 0 aliphatic rings. The molecule has 48 heavy (non-hydrogen) atoms. The first-order valence-corrected chi connectivity index (χ1v) is 19.8. The van der Waals surface area contributed by atoms with Crippen LogP contribution in [0.3, 0.4) is 0 Å². The Labute approximate surface area is 296 Å². The Kier molecular flexibility index (Phi) is 10.8. The average Bonchev–Trinajstić information content (AvgIpc) is 3.18. The number of hydrogen-bond donors (Lipinski definition) is 0. The zero-order valence-corrected chi connectivity index (χ0v) is 30.0. The minimum Gasteiger partial charge on any atom is -1.00 e. The predicted octanol–water partition coefficient (Wildman–Crippen LogP) is 5.82. The molecule has 234 valence electrons. The summed E-state index contributed by atoms with van der Waals surface area (Å²) in [6.07, 6.45) is 0. The van der Waals surface area contributed by atoms with Crippen molar-refractivity contribution in [1.82, 2.24) is 0 Å². The van der Waals surface area contributed by atoms with Gasteiger partial charge in [0.15, 0.2) is 0 Å². The van der Waals surface area contributed by atoms with Crippen molar-refractivity contribution in [3.8, 4) is 0 Å². The van der Waals surface area contributed by atoms with Gasteiger partial charge in [0.2, 0.25) is 0 Å². The summed E-state index contributed by atoms with van der Waals surface area (Å²) in [6, 6.07) is 77.8. The van der Waals surface area contributed by atoms with Crippen LogP contribution in [0.4, 0.5) is 0 Å². The van der Waals surface area contributed by atoms with E-state index in [2.05, 4.69) is 224 Å². The summed E-state index contributed by atoms with van der Waals surface area (Å²) in [5.74, 6) is 5.29. The monoisotopic (exact) mass is 718 g/mol. The lowest BCUT2D eigenvalue weighted by molar-refractivity contribution is -0.00000878. The molecule has 0 bridgehead atoms. The van der Waals surface area contributed by atoms with Crippen LogP contribution < -0.4 is 48.8 Å². The molecule has 0 amide bonds. The fraction of sp³-hybridized carbons (Fsp3) is 0. The van der Waals surface area contributed by atoms with E-state index >= 15 is 0 Å². The fourth-order valence-electron chi connectivity index (χ4n) is 6.55. The van der Waals surface area contributed by atoms with E-state index in [0.29, 0.717) is 0 Å². The summed E-state index contributed by atoms with van der Waals surface area (Å²) in [5, 5.41) is 8.01. The van der Waals surface area contributed by atoms with Crippen molar-refractivity contribution in [1.29, 1.82) is 0 Å². The number of halogens is 1. The summed E-state index contributed by atoms with van der Waals surface area (Å²) in [6.45, 7) is -2.31. The topological polar surface area (TPSA) is 0 Å². The SMILES string of the molecule is C(/C(=C\[P+](c1ccccc1)(c1ccccc1)c1ccccc1)c1ccccc1)=P(c1ccccc1)(c1ccccc1)c1ccccc1.[Br-]. The standard InChI is InChI=1S/C45H37P2.BrH/c1-8-22-38(23-9-1)39(36-46(40-24-10-2-11-25-40,41-26-12-3-13-27-41)42-28-14-4-15-29-42)37-47(43-30-16-5-17-31-43,44-32-18-6-19-33-44)45-34-20-7-21-35-45;/h1-37H;1H/q+1;/p-1/b39-36+;. The van der Waals surface area contributed by atoms with Gasteiger partial charge in [0.05, 0.1) is 5.82 Å². The predicted molar refractivity (Wildman–Crippen MR) is 211 cm³/mol. The molecule has 3 heteroatoms. The smallest absolute Gasteiger partial charge is 0.137 e. The third kappa shape index (κ3) is 6.60. The maximum absolute atomic E-state index is 2.64. The summed E-state index contributed by atoms with van der Waals surface area (Å²) in [5.41, 5.74) is 2.47. The van der Waals surface area contributed by atoms with Gasteiger partial charge < -0.3 is 17.0 Å². The largest absolute Gasteiger partial charge is 1.00 e. The van der Waals surface area contributed by atoms with Crippen molar-refractivity contribution in [3.05, 3.63) is 224 Å². The van der Waals surface area contributed by atoms with Gasteiger partial charge >= 0.3 is 0 Å². The van der Waals surface area contributed by atoms with E-state index in [4.69, 9.17) is 0 Å². The van der Waals surface area contributed by atoms with Crippen molar-refractivity contribution in [2.45, 2.75) is 0 Å². The number of allylic oxidation sites excluding steroid dienone is 1. The first-order valence-electron chi connectivity index (χ1n) is 16.1. The maximum atomic E-state index is 2.64. The first kappa shape index (κ1) is 33.4. The molecule has 0 nitrogen and oxygen atoms in total. The van der Waals surface area contributed by atoms with E-state index < -0.39 is 14.1 Å². The molecule has 0 aliphatic heterocycles. The second kappa shape index (κ2) is 15.6. The quantitative estimate of drug-likeness (QED) is 0.165. The summed E-state index contributed by atoms with van der Waals surface area (Å²) in [7, 11) is -2.31. The van der Waals surface area contributed by atoms with Crippen LogP contribution in [0.2, 0.25) is 0 Å². The molecule has 0 N–H and O–H groups in total. The minimum atomic E-state index is -2.31. The Hall–Kier alpha value is -4.51. The molecule has 0 unspecified atom stereocenters. The van der Waals surface area contributed by atoms with Crippen LogP contribution in [-0.2, 0) is 0 Å². The first-order chi connectivity index (χ1) is 23.3. The maximum Gasteiger partial charge on any atom is 0.137 e. The lowest BCUT2D eigenvalue weighted by Crippen LogP contribution is -3.00. The van der Waals surface area contributed by atoms with Crippen LogP contribution in [-0.4, -0.2) is 5.80 Å². The number of rotatable bonds is 9. The van der Waals surface area contributed by atoms with Crippen molar-refractivity contribution in [2.75, 3.05) is 0 Å². The van der Waals surface area contributed by atoms with Gasteiger partial charge in [0.25, 0.3) is 0 Å².